The first-order valence-electron chi connectivity index (χ1n) is 7.50. The molecule has 1 aliphatic heterocycles. The summed E-state index contributed by atoms with van der Waals surface area (Å²) in [6.45, 7) is 0. The summed E-state index contributed by atoms with van der Waals surface area (Å²) in [6, 6.07) is 5.11. The van der Waals surface area contributed by atoms with E-state index in [2.05, 4.69) is 5.10 Å². The number of carbonyl (C=O) groups is 1. The molecule has 0 atom stereocenters. The molecule has 5 heteroatoms. The molecule has 112 valence electrons. The summed E-state index contributed by atoms with van der Waals surface area (Å²) in [4.78, 5) is 12.3. The van der Waals surface area contributed by atoms with Crippen LogP contribution in [0.2, 0.25) is 10.0 Å². The van der Waals surface area contributed by atoms with Gasteiger partial charge < -0.3 is 0 Å². The van der Waals surface area contributed by atoms with Crippen LogP contribution in [-0.2, 0) is 4.79 Å². The topological polar surface area (TPSA) is 32.7 Å². The van der Waals surface area contributed by atoms with Crippen LogP contribution in [0.5, 0.6) is 0 Å². The minimum absolute atomic E-state index is 0.0154. The van der Waals surface area contributed by atoms with Crippen LogP contribution in [0.4, 0.5) is 5.69 Å². The van der Waals surface area contributed by atoms with Gasteiger partial charge in [-0.1, -0.05) is 48.9 Å². The Kier molecular flexibility index (Phi) is 4.51. The summed E-state index contributed by atoms with van der Waals surface area (Å²) in [5.41, 5.74) is 1.59. The first-order valence-corrected chi connectivity index (χ1v) is 8.26. The lowest BCUT2D eigenvalue weighted by Crippen LogP contribution is -2.20. The molecular formula is C16H18Cl2N2O. The Morgan fingerprint density at radius 1 is 1.10 bits per heavy atom. The maximum Gasteiger partial charge on any atom is 0.253 e. The predicted octanol–water partition coefficient (Wildman–Crippen LogP) is 5.06. The number of hydrogen-bond donors (Lipinski definition) is 0. The largest absolute Gasteiger partial charge is 0.272 e. The summed E-state index contributed by atoms with van der Waals surface area (Å²) in [5.74, 6) is 0.429. The number of anilines is 1. The van der Waals surface area contributed by atoms with Crippen LogP contribution in [0.15, 0.2) is 23.3 Å². The molecule has 3 rings (SSSR count). The van der Waals surface area contributed by atoms with Crippen molar-refractivity contribution in [2.24, 2.45) is 11.0 Å². The highest BCUT2D eigenvalue weighted by Gasteiger charge is 2.31. The second-order valence-corrected chi connectivity index (χ2v) is 6.60. The minimum atomic E-state index is -0.0154. The molecule has 0 radical (unpaired) electrons. The molecule has 3 nitrogen and oxygen atoms in total. The Labute approximate surface area is 134 Å². The minimum Gasteiger partial charge on any atom is -0.272 e. The highest BCUT2D eigenvalue weighted by molar-refractivity contribution is 6.36. The Hall–Kier alpha value is -1.06. The van der Waals surface area contributed by atoms with Crippen molar-refractivity contribution in [2.45, 2.75) is 44.9 Å². The lowest BCUT2D eigenvalue weighted by molar-refractivity contribution is -0.116. The van der Waals surface area contributed by atoms with Crippen molar-refractivity contribution in [3.05, 3.63) is 28.2 Å². The zero-order valence-corrected chi connectivity index (χ0v) is 13.3. The van der Waals surface area contributed by atoms with Crippen LogP contribution in [-0.4, -0.2) is 11.6 Å². The van der Waals surface area contributed by atoms with E-state index in [1.54, 1.807) is 18.2 Å². The molecule has 0 bridgehead atoms. The molecule has 0 saturated heterocycles. The molecule has 1 amide bonds. The van der Waals surface area contributed by atoms with Gasteiger partial charge in [0, 0.05) is 5.02 Å². The quantitative estimate of drug-likeness (QED) is 0.700. The van der Waals surface area contributed by atoms with E-state index < -0.39 is 0 Å². The summed E-state index contributed by atoms with van der Waals surface area (Å²) < 4.78 is 0. The average molecular weight is 325 g/mol. The monoisotopic (exact) mass is 324 g/mol. The van der Waals surface area contributed by atoms with Crippen LogP contribution in [0.1, 0.15) is 44.9 Å². The number of hydrazone groups is 1. The van der Waals surface area contributed by atoms with Crippen molar-refractivity contribution in [2.75, 3.05) is 5.01 Å². The van der Waals surface area contributed by atoms with Gasteiger partial charge >= 0.3 is 0 Å². The molecule has 1 aromatic carbocycles. The number of benzene rings is 1. The maximum absolute atomic E-state index is 12.3. The second-order valence-electron chi connectivity index (χ2n) is 5.76. The van der Waals surface area contributed by atoms with Gasteiger partial charge in [-0.25, -0.2) is 0 Å². The average Bonchev–Trinajstić information content (AvgIpc) is 2.69. The smallest absolute Gasteiger partial charge is 0.253 e. The third-order valence-electron chi connectivity index (χ3n) is 4.26. The van der Waals surface area contributed by atoms with Crippen molar-refractivity contribution in [1.29, 1.82) is 0 Å². The third-order valence-corrected chi connectivity index (χ3v) is 4.81. The number of nitrogens with zero attached hydrogens (tertiary/aromatic N) is 2. The molecule has 1 heterocycles. The molecule has 0 unspecified atom stereocenters. The van der Waals surface area contributed by atoms with Crippen molar-refractivity contribution in [3.8, 4) is 0 Å². The van der Waals surface area contributed by atoms with Gasteiger partial charge in [0.15, 0.2) is 0 Å². The molecule has 1 aliphatic carbocycles. The lowest BCUT2D eigenvalue weighted by Gasteiger charge is -2.14. The van der Waals surface area contributed by atoms with E-state index in [9.17, 15) is 4.79 Å². The van der Waals surface area contributed by atoms with E-state index in [1.807, 2.05) is 0 Å². The zero-order valence-electron chi connectivity index (χ0n) is 11.8. The molecule has 0 aromatic heterocycles. The van der Waals surface area contributed by atoms with Gasteiger partial charge in [-0.15, -0.1) is 0 Å². The summed E-state index contributed by atoms with van der Waals surface area (Å²) in [5, 5.41) is 7.04. The van der Waals surface area contributed by atoms with Gasteiger partial charge in [-0.05, 0) is 37.0 Å². The Morgan fingerprint density at radius 3 is 2.52 bits per heavy atom. The van der Waals surface area contributed by atoms with Crippen LogP contribution in [0.3, 0.4) is 0 Å². The van der Waals surface area contributed by atoms with Gasteiger partial charge in [0.2, 0.25) is 0 Å². The van der Waals surface area contributed by atoms with Crippen LogP contribution >= 0.6 is 23.2 Å². The maximum atomic E-state index is 12.3. The Bertz CT molecular complexity index is 578. The first-order chi connectivity index (χ1) is 10.1. The third kappa shape index (κ3) is 3.24. The number of carbonyl (C=O) groups excluding carboxylic acids is 1. The Morgan fingerprint density at radius 2 is 1.81 bits per heavy atom. The molecule has 1 aromatic rings. The molecule has 0 spiro atoms. The van der Waals surface area contributed by atoms with Crippen LogP contribution in [0.25, 0.3) is 0 Å². The Balaban J connectivity index is 1.86. The standard InChI is InChI=1S/C16H18Cl2N2O/c17-12-7-8-13(18)15(9-12)20-16(21)10-14(19-20)11-5-3-1-2-4-6-11/h7-9,11H,1-6,10H2. The highest BCUT2D eigenvalue weighted by Crippen LogP contribution is 2.34. The van der Waals surface area contributed by atoms with Crippen LogP contribution < -0.4 is 5.01 Å². The van der Waals surface area contributed by atoms with E-state index in [0.29, 0.717) is 28.1 Å². The first kappa shape index (κ1) is 14.9. The highest BCUT2D eigenvalue weighted by atomic mass is 35.5. The fourth-order valence-electron chi connectivity index (χ4n) is 3.12. The molecular weight excluding hydrogens is 307 g/mol. The van der Waals surface area contributed by atoms with E-state index in [4.69, 9.17) is 23.2 Å². The van der Waals surface area contributed by atoms with Crippen molar-refractivity contribution in [1.82, 2.24) is 0 Å². The molecule has 1 saturated carbocycles. The van der Waals surface area contributed by atoms with Gasteiger partial charge in [0.1, 0.15) is 0 Å². The van der Waals surface area contributed by atoms with E-state index in [0.717, 1.165) is 18.6 Å². The number of amides is 1. The fourth-order valence-corrected chi connectivity index (χ4v) is 3.49. The van der Waals surface area contributed by atoms with Gasteiger partial charge in [-0.2, -0.15) is 10.1 Å². The molecule has 0 N–H and O–H groups in total. The molecule has 2 aliphatic rings. The van der Waals surface area contributed by atoms with E-state index in [1.165, 1.54) is 30.7 Å². The number of halogens is 2. The van der Waals surface area contributed by atoms with Crippen molar-refractivity contribution in [3.63, 3.8) is 0 Å². The van der Waals surface area contributed by atoms with Gasteiger partial charge in [-0.3, -0.25) is 4.79 Å². The lowest BCUT2D eigenvalue weighted by atomic mass is 9.93. The van der Waals surface area contributed by atoms with Crippen molar-refractivity contribution >= 4 is 40.5 Å². The van der Waals surface area contributed by atoms with E-state index in [-0.39, 0.29) is 5.91 Å². The van der Waals surface area contributed by atoms with Gasteiger partial charge in [0.25, 0.3) is 5.91 Å². The van der Waals surface area contributed by atoms with Crippen LogP contribution in [0, 0.1) is 5.92 Å². The zero-order chi connectivity index (χ0) is 14.8. The summed E-state index contributed by atoms with van der Waals surface area (Å²) in [7, 11) is 0. The fraction of sp³-hybridized carbons (Fsp3) is 0.500. The van der Waals surface area contributed by atoms with Gasteiger partial charge in [0.05, 0.1) is 22.8 Å². The normalized spacial score (nSPS) is 20.6. The SMILES string of the molecule is O=C1CC(C2CCCCCC2)=NN1c1cc(Cl)ccc1Cl. The molecule has 1 fully saturated rings. The molecule has 21 heavy (non-hydrogen) atoms. The predicted molar refractivity (Wildman–Crippen MR) is 87.2 cm³/mol. The van der Waals surface area contributed by atoms with Crippen molar-refractivity contribution < 1.29 is 4.79 Å². The second kappa shape index (κ2) is 6.37. The summed E-state index contributed by atoms with van der Waals surface area (Å²) in [6.07, 6.45) is 7.74. The van der Waals surface area contributed by atoms with E-state index >= 15 is 0 Å². The number of rotatable bonds is 2. The number of hydrogen-bond acceptors (Lipinski definition) is 2. The summed E-state index contributed by atoms with van der Waals surface area (Å²) >= 11 is 12.2.